The number of H-pyrrole nitrogens is 1. The summed E-state index contributed by atoms with van der Waals surface area (Å²) in [5.41, 5.74) is 0.705. The second-order valence-corrected chi connectivity index (χ2v) is 3.30. The van der Waals surface area contributed by atoms with Crippen LogP contribution in [0.2, 0.25) is 0 Å². The smallest absolute Gasteiger partial charge is 0.341 e. The molecule has 1 aromatic carbocycles. The molecule has 2 aromatic rings. The predicted molar refractivity (Wildman–Crippen MR) is 59.5 cm³/mol. The zero-order chi connectivity index (χ0) is 11.5. The fourth-order valence-corrected chi connectivity index (χ4v) is 1.42. The van der Waals surface area contributed by atoms with E-state index >= 15 is 0 Å². The Bertz CT molecular complexity index is 572. The molecule has 0 atom stereocenters. The average molecular weight is 215 g/mol. The molecule has 80 valence electrons. The van der Waals surface area contributed by atoms with Crippen LogP contribution < -0.4 is 5.43 Å². The van der Waals surface area contributed by atoms with Gasteiger partial charge in [0.1, 0.15) is 5.56 Å². The molecule has 0 unspecified atom stereocenters. The van der Waals surface area contributed by atoms with Crippen molar-refractivity contribution < 1.29 is 9.90 Å². The number of hydrogen-bond donors (Lipinski definition) is 2. The van der Waals surface area contributed by atoms with E-state index in [4.69, 9.17) is 5.11 Å². The Morgan fingerprint density at radius 2 is 1.88 bits per heavy atom. The molecule has 2 rings (SSSR count). The second kappa shape index (κ2) is 4.02. The van der Waals surface area contributed by atoms with Crippen LogP contribution in [0.1, 0.15) is 10.4 Å². The van der Waals surface area contributed by atoms with Gasteiger partial charge in [0.25, 0.3) is 0 Å². The summed E-state index contributed by atoms with van der Waals surface area (Å²) in [6.07, 6.45) is 1.22. The molecule has 4 heteroatoms. The summed E-state index contributed by atoms with van der Waals surface area (Å²) in [5, 5.41) is 8.71. The van der Waals surface area contributed by atoms with Crippen LogP contribution in [0.4, 0.5) is 0 Å². The van der Waals surface area contributed by atoms with E-state index in [1.54, 1.807) is 0 Å². The fourth-order valence-electron chi connectivity index (χ4n) is 1.42. The number of carboxylic acids is 1. The topological polar surface area (TPSA) is 70.2 Å². The van der Waals surface area contributed by atoms with Crippen LogP contribution >= 0.6 is 0 Å². The molecule has 1 aromatic heterocycles. The Labute approximate surface area is 91.2 Å². The number of carboxylic acid groups (broad SMARTS) is 1. The minimum atomic E-state index is -1.22. The van der Waals surface area contributed by atoms with Crippen molar-refractivity contribution in [3.8, 4) is 11.3 Å². The molecular weight excluding hydrogens is 206 g/mol. The van der Waals surface area contributed by atoms with Crippen molar-refractivity contribution in [3.05, 3.63) is 58.4 Å². The molecule has 2 N–H and O–H groups in total. The van der Waals surface area contributed by atoms with Gasteiger partial charge in [-0.1, -0.05) is 30.3 Å². The standard InChI is InChI=1S/C12H9NO3/c14-11-6-10(8-4-2-1-3-5-8)13-7-9(11)12(15)16/h1-7H,(H,13,14)(H,15,16). The lowest BCUT2D eigenvalue weighted by Crippen LogP contribution is -2.14. The number of carbonyl (C=O) groups is 1. The van der Waals surface area contributed by atoms with Crippen LogP contribution in [0.25, 0.3) is 11.3 Å². The molecule has 0 aliphatic heterocycles. The number of nitrogens with one attached hydrogen (secondary N) is 1. The van der Waals surface area contributed by atoms with Crippen molar-refractivity contribution in [2.45, 2.75) is 0 Å². The average Bonchev–Trinajstić information content (AvgIpc) is 2.29. The zero-order valence-electron chi connectivity index (χ0n) is 8.31. The second-order valence-electron chi connectivity index (χ2n) is 3.30. The number of aromatic amines is 1. The predicted octanol–water partition coefficient (Wildman–Crippen LogP) is 1.74. The van der Waals surface area contributed by atoms with Gasteiger partial charge in [-0.05, 0) is 5.56 Å². The van der Waals surface area contributed by atoms with Gasteiger partial charge in [-0.3, -0.25) is 4.79 Å². The summed E-state index contributed by atoms with van der Waals surface area (Å²) in [6, 6.07) is 10.5. The van der Waals surface area contributed by atoms with Gasteiger partial charge < -0.3 is 10.1 Å². The maximum absolute atomic E-state index is 11.5. The summed E-state index contributed by atoms with van der Waals surface area (Å²) < 4.78 is 0. The van der Waals surface area contributed by atoms with Gasteiger partial charge in [-0.15, -0.1) is 0 Å². The number of aromatic carboxylic acids is 1. The molecule has 0 aliphatic rings. The Morgan fingerprint density at radius 1 is 1.19 bits per heavy atom. The fraction of sp³-hybridized carbons (Fsp3) is 0. The van der Waals surface area contributed by atoms with E-state index in [1.165, 1.54) is 12.3 Å². The van der Waals surface area contributed by atoms with Crippen LogP contribution in [0.3, 0.4) is 0 Å². The van der Waals surface area contributed by atoms with Crippen LogP contribution in [-0.4, -0.2) is 16.1 Å². The molecule has 16 heavy (non-hydrogen) atoms. The van der Waals surface area contributed by atoms with Crippen molar-refractivity contribution in [1.82, 2.24) is 4.98 Å². The first-order valence-corrected chi connectivity index (χ1v) is 4.70. The van der Waals surface area contributed by atoms with Crippen LogP contribution in [0.15, 0.2) is 47.4 Å². The summed E-state index contributed by atoms with van der Waals surface area (Å²) >= 11 is 0. The first-order chi connectivity index (χ1) is 7.68. The third-order valence-electron chi connectivity index (χ3n) is 2.23. The molecule has 0 saturated carbocycles. The van der Waals surface area contributed by atoms with E-state index < -0.39 is 11.4 Å². The van der Waals surface area contributed by atoms with E-state index in [-0.39, 0.29) is 5.56 Å². The molecule has 0 spiro atoms. The minimum absolute atomic E-state index is 0.250. The highest BCUT2D eigenvalue weighted by atomic mass is 16.4. The molecule has 1 heterocycles. The molecule has 4 nitrogen and oxygen atoms in total. The summed E-state index contributed by atoms with van der Waals surface area (Å²) in [4.78, 5) is 24.9. The number of pyridine rings is 1. The highest BCUT2D eigenvalue weighted by Crippen LogP contribution is 2.13. The Morgan fingerprint density at radius 3 is 2.44 bits per heavy atom. The van der Waals surface area contributed by atoms with E-state index in [1.807, 2.05) is 30.3 Å². The van der Waals surface area contributed by atoms with Gasteiger partial charge in [0.15, 0.2) is 5.43 Å². The largest absolute Gasteiger partial charge is 0.477 e. The monoisotopic (exact) mass is 215 g/mol. The number of rotatable bonds is 2. The molecule has 0 aliphatic carbocycles. The molecule has 0 saturated heterocycles. The quantitative estimate of drug-likeness (QED) is 0.801. The number of aromatic nitrogens is 1. The van der Waals surface area contributed by atoms with Crippen molar-refractivity contribution in [2.75, 3.05) is 0 Å². The minimum Gasteiger partial charge on any atom is -0.477 e. The first-order valence-electron chi connectivity index (χ1n) is 4.70. The van der Waals surface area contributed by atoms with Gasteiger partial charge in [-0.25, -0.2) is 4.79 Å². The van der Waals surface area contributed by atoms with Crippen LogP contribution in [-0.2, 0) is 0 Å². The maximum Gasteiger partial charge on any atom is 0.341 e. The van der Waals surface area contributed by atoms with Crippen molar-refractivity contribution in [2.24, 2.45) is 0 Å². The van der Waals surface area contributed by atoms with E-state index in [2.05, 4.69) is 4.98 Å². The van der Waals surface area contributed by atoms with E-state index in [9.17, 15) is 9.59 Å². The summed E-state index contributed by atoms with van der Waals surface area (Å²) in [7, 11) is 0. The molecule has 0 fully saturated rings. The molecule has 0 amide bonds. The van der Waals surface area contributed by atoms with Gasteiger partial charge in [0.05, 0.1) is 0 Å². The van der Waals surface area contributed by atoms with E-state index in [0.717, 1.165) is 5.56 Å². The molecular formula is C12H9NO3. The highest BCUT2D eigenvalue weighted by Gasteiger charge is 2.08. The summed E-state index contributed by atoms with van der Waals surface area (Å²) in [6.45, 7) is 0. The lowest BCUT2D eigenvalue weighted by Gasteiger charge is -2.01. The normalized spacial score (nSPS) is 10.0. The number of hydrogen-bond acceptors (Lipinski definition) is 2. The van der Waals surface area contributed by atoms with Crippen LogP contribution in [0, 0.1) is 0 Å². The SMILES string of the molecule is O=C(O)c1c[nH]c(-c2ccccc2)cc1=O. The van der Waals surface area contributed by atoms with Gasteiger partial charge in [-0.2, -0.15) is 0 Å². The molecule has 0 radical (unpaired) electrons. The van der Waals surface area contributed by atoms with Crippen molar-refractivity contribution in [1.29, 1.82) is 0 Å². The lowest BCUT2D eigenvalue weighted by atomic mass is 10.1. The summed E-state index contributed by atoms with van der Waals surface area (Å²) in [5.74, 6) is -1.22. The first kappa shape index (κ1) is 10.2. The third-order valence-corrected chi connectivity index (χ3v) is 2.23. The van der Waals surface area contributed by atoms with E-state index in [0.29, 0.717) is 5.69 Å². The van der Waals surface area contributed by atoms with Crippen molar-refractivity contribution in [3.63, 3.8) is 0 Å². The molecule has 0 bridgehead atoms. The van der Waals surface area contributed by atoms with Crippen LogP contribution in [0.5, 0.6) is 0 Å². The van der Waals surface area contributed by atoms with Gasteiger partial charge >= 0.3 is 5.97 Å². The Hall–Kier alpha value is -2.36. The Balaban J connectivity index is 2.51. The lowest BCUT2D eigenvalue weighted by molar-refractivity contribution is 0.0695. The Kier molecular flexibility index (Phi) is 2.55. The zero-order valence-corrected chi connectivity index (χ0v) is 8.31. The van der Waals surface area contributed by atoms with Gasteiger partial charge in [0.2, 0.25) is 0 Å². The van der Waals surface area contributed by atoms with Gasteiger partial charge in [0, 0.05) is 18.0 Å². The maximum atomic E-state index is 11.5. The third kappa shape index (κ3) is 1.86. The number of benzene rings is 1. The highest BCUT2D eigenvalue weighted by molar-refractivity contribution is 5.87. The van der Waals surface area contributed by atoms with Crippen molar-refractivity contribution >= 4 is 5.97 Å².